The highest BCUT2D eigenvalue weighted by Crippen LogP contribution is 2.34. The summed E-state index contributed by atoms with van der Waals surface area (Å²) < 4.78 is 5.54. The van der Waals surface area contributed by atoms with Crippen molar-refractivity contribution in [2.45, 2.75) is 27.2 Å². The van der Waals surface area contributed by atoms with Crippen LogP contribution >= 0.6 is 0 Å². The maximum absolute atomic E-state index is 11.7. The summed E-state index contributed by atoms with van der Waals surface area (Å²) in [6.45, 7) is 6.01. The van der Waals surface area contributed by atoms with E-state index < -0.39 is 0 Å². The minimum Gasteiger partial charge on any atom is -0.496 e. The number of hydrogen-bond acceptors (Lipinski definition) is 2. The average Bonchev–Trinajstić information content (AvgIpc) is 2.49. The predicted octanol–water partition coefficient (Wildman–Crippen LogP) is 4.57. The number of rotatable bonds is 4. The number of ether oxygens (including phenoxy) is 1. The fraction of sp³-hybridized carbons (Fsp3) is 0.278. The van der Waals surface area contributed by atoms with Gasteiger partial charge < -0.3 is 4.74 Å². The van der Waals surface area contributed by atoms with Crippen molar-refractivity contribution < 1.29 is 9.53 Å². The van der Waals surface area contributed by atoms with E-state index in [0.717, 1.165) is 28.0 Å². The molecule has 0 spiro atoms. The molecule has 0 aliphatic rings. The fourth-order valence-electron chi connectivity index (χ4n) is 2.32. The molecule has 0 unspecified atom stereocenters. The van der Waals surface area contributed by atoms with Crippen molar-refractivity contribution in [2.75, 3.05) is 7.11 Å². The second kappa shape index (κ2) is 5.91. The van der Waals surface area contributed by atoms with E-state index in [-0.39, 0.29) is 5.78 Å². The van der Waals surface area contributed by atoms with Gasteiger partial charge in [0.15, 0.2) is 5.78 Å². The molecule has 0 saturated carbocycles. The van der Waals surface area contributed by atoms with E-state index in [2.05, 4.69) is 26.0 Å². The van der Waals surface area contributed by atoms with E-state index in [1.54, 1.807) is 7.11 Å². The predicted molar refractivity (Wildman–Crippen MR) is 82.5 cm³/mol. The molecule has 0 saturated heterocycles. The molecule has 0 aliphatic heterocycles. The van der Waals surface area contributed by atoms with Crippen molar-refractivity contribution in [2.24, 2.45) is 0 Å². The number of benzene rings is 2. The van der Waals surface area contributed by atoms with Crippen LogP contribution in [-0.2, 0) is 0 Å². The molecular weight excluding hydrogens is 248 g/mol. The van der Waals surface area contributed by atoms with Crippen LogP contribution < -0.4 is 4.74 Å². The Kier molecular flexibility index (Phi) is 4.23. The second-order valence-corrected chi connectivity index (χ2v) is 4.94. The van der Waals surface area contributed by atoms with Crippen LogP contribution in [0.1, 0.15) is 34.8 Å². The average molecular weight is 268 g/mol. The van der Waals surface area contributed by atoms with Crippen LogP contribution in [0.2, 0.25) is 0 Å². The maximum Gasteiger partial charge on any atom is 0.162 e. The molecule has 2 nitrogen and oxygen atoms in total. The van der Waals surface area contributed by atoms with Crippen molar-refractivity contribution in [3.8, 4) is 16.9 Å². The Labute approximate surface area is 120 Å². The number of carbonyl (C=O) groups excluding carboxylic acids is 1. The van der Waals surface area contributed by atoms with Crippen molar-refractivity contribution in [1.29, 1.82) is 0 Å². The lowest BCUT2D eigenvalue weighted by atomic mass is 9.97. The van der Waals surface area contributed by atoms with Gasteiger partial charge in [-0.05, 0) is 30.5 Å². The first-order valence-electron chi connectivity index (χ1n) is 6.86. The molecule has 0 aromatic heterocycles. The Morgan fingerprint density at radius 3 is 2.25 bits per heavy atom. The van der Waals surface area contributed by atoms with Gasteiger partial charge in [0.25, 0.3) is 0 Å². The first kappa shape index (κ1) is 14.3. The van der Waals surface area contributed by atoms with Gasteiger partial charge in [-0.2, -0.15) is 0 Å². The standard InChI is InChI=1S/C18H20O2/c1-5-17(19)15-9-7-14(8-10-15)16-11-6-12(2)13(3)18(16)20-4/h6-11H,5H2,1-4H3. The van der Waals surface area contributed by atoms with Crippen molar-refractivity contribution >= 4 is 5.78 Å². The molecule has 2 aromatic rings. The van der Waals surface area contributed by atoms with Crippen LogP contribution in [0.15, 0.2) is 36.4 Å². The summed E-state index contributed by atoms with van der Waals surface area (Å²) in [5, 5.41) is 0. The molecule has 0 heterocycles. The van der Waals surface area contributed by atoms with E-state index in [4.69, 9.17) is 4.74 Å². The summed E-state index contributed by atoms with van der Waals surface area (Å²) in [5.74, 6) is 1.07. The number of hydrogen-bond donors (Lipinski definition) is 0. The molecule has 20 heavy (non-hydrogen) atoms. The minimum absolute atomic E-state index is 0.170. The van der Waals surface area contributed by atoms with Crippen molar-refractivity contribution in [3.05, 3.63) is 53.1 Å². The third kappa shape index (κ3) is 2.60. The zero-order valence-electron chi connectivity index (χ0n) is 12.5. The van der Waals surface area contributed by atoms with Gasteiger partial charge in [0.05, 0.1) is 7.11 Å². The van der Waals surface area contributed by atoms with Crippen LogP contribution in [0.3, 0.4) is 0 Å². The van der Waals surface area contributed by atoms with Gasteiger partial charge in [-0.3, -0.25) is 4.79 Å². The van der Waals surface area contributed by atoms with Crippen molar-refractivity contribution in [3.63, 3.8) is 0 Å². The van der Waals surface area contributed by atoms with Crippen LogP contribution in [-0.4, -0.2) is 12.9 Å². The Balaban J connectivity index is 2.47. The summed E-state index contributed by atoms with van der Waals surface area (Å²) in [5.41, 5.74) is 5.25. The van der Waals surface area contributed by atoms with E-state index in [1.807, 2.05) is 31.2 Å². The Morgan fingerprint density at radius 2 is 1.70 bits per heavy atom. The Bertz CT molecular complexity index is 625. The monoisotopic (exact) mass is 268 g/mol. The molecule has 0 atom stereocenters. The largest absolute Gasteiger partial charge is 0.496 e. The van der Waals surface area contributed by atoms with Crippen LogP contribution in [0.4, 0.5) is 0 Å². The highest BCUT2D eigenvalue weighted by molar-refractivity contribution is 5.96. The zero-order chi connectivity index (χ0) is 14.7. The SMILES string of the molecule is CCC(=O)c1ccc(-c2ccc(C)c(C)c2OC)cc1. The summed E-state index contributed by atoms with van der Waals surface area (Å²) >= 11 is 0. The smallest absolute Gasteiger partial charge is 0.162 e. The zero-order valence-corrected chi connectivity index (χ0v) is 12.5. The van der Waals surface area contributed by atoms with Crippen LogP contribution in [0.25, 0.3) is 11.1 Å². The lowest BCUT2D eigenvalue weighted by molar-refractivity contribution is 0.0988. The second-order valence-electron chi connectivity index (χ2n) is 4.94. The van der Waals surface area contributed by atoms with Gasteiger partial charge in [0, 0.05) is 17.5 Å². The summed E-state index contributed by atoms with van der Waals surface area (Å²) in [6.07, 6.45) is 0.534. The van der Waals surface area contributed by atoms with E-state index in [9.17, 15) is 4.79 Å². The highest BCUT2D eigenvalue weighted by Gasteiger charge is 2.11. The molecular formula is C18H20O2. The molecule has 2 rings (SSSR count). The third-order valence-corrected chi connectivity index (χ3v) is 3.72. The fourth-order valence-corrected chi connectivity index (χ4v) is 2.32. The van der Waals surface area contributed by atoms with Gasteiger partial charge in [0.1, 0.15) is 5.75 Å². The molecule has 0 aliphatic carbocycles. The molecule has 104 valence electrons. The van der Waals surface area contributed by atoms with Crippen LogP contribution in [0.5, 0.6) is 5.75 Å². The number of Topliss-reactive ketones (excluding diaryl/α,β-unsaturated/α-hetero) is 1. The van der Waals surface area contributed by atoms with Crippen LogP contribution in [0, 0.1) is 13.8 Å². The minimum atomic E-state index is 0.170. The number of aryl methyl sites for hydroxylation is 1. The van der Waals surface area contributed by atoms with Gasteiger partial charge in [-0.1, -0.05) is 43.3 Å². The normalized spacial score (nSPS) is 10.4. The van der Waals surface area contributed by atoms with Gasteiger partial charge in [-0.15, -0.1) is 0 Å². The molecule has 0 fully saturated rings. The molecule has 0 bridgehead atoms. The van der Waals surface area contributed by atoms with E-state index in [1.165, 1.54) is 5.56 Å². The first-order valence-corrected chi connectivity index (χ1v) is 6.86. The van der Waals surface area contributed by atoms with Gasteiger partial charge >= 0.3 is 0 Å². The van der Waals surface area contributed by atoms with Crippen molar-refractivity contribution in [1.82, 2.24) is 0 Å². The third-order valence-electron chi connectivity index (χ3n) is 3.72. The summed E-state index contributed by atoms with van der Waals surface area (Å²) in [7, 11) is 1.69. The quantitative estimate of drug-likeness (QED) is 0.759. The maximum atomic E-state index is 11.7. The van der Waals surface area contributed by atoms with E-state index in [0.29, 0.717) is 6.42 Å². The van der Waals surface area contributed by atoms with E-state index >= 15 is 0 Å². The topological polar surface area (TPSA) is 26.3 Å². The Hall–Kier alpha value is -2.09. The number of carbonyl (C=O) groups is 1. The summed E-state index contributed by atoms with van der Waals surface area (Å²) in [6, 6.07) is 11.9. The number of methoxy groups -OCH3 is 1. The molecule has 2 heteroatoms. The molecule has 0 radical (unpaired) electrons. The Morgan fingerprint density at radius 1 is 1.05 bits per heavy atom. The molecule has 0 N–H and O–H groups in total. The lowest BCUT2D eigenvalue weighted by Crippen LogP contribution is -1.97. The lowest BCUT2D eigenvalue weighted by Gasteiger charge is -2.14. The highest BCUT2D eigenvalue weighted by atomic mass is 16.5. The first-order chi connectivity index (χ1) is 9.58. The number of ketones is 1. The molecule has 0 amide bonds. The van der Waals surface area contributed by atoms with Gasteiger partial charge in [0.2, 0.25) is 0 Å². The van der Waals surface area contributed by atoms with Gasteiger partial charge in [-0.25, -0.2) is 0 Å². The molecule has 2 aromatic carbocycles. The summed E-state index contributed by atoms with van der Waals surface area (Å²) in [4.78, 5) is 11.7.